The fourth-order valence-corrected chi connectivity index (χ4v) is 1.95. The van der Waals surface area contributed by atoms with E-state index >= 15 is 0 Å². The first-order chi connectivity index (χ1) is 7.02. The minimum atomic E-state index is -0.578. The molecule has 0 unspecified atom stereocenters. The van der Waals surface area contributed by atoms with Crippen molar-refractivity contribution in [1.82, 2.24) is 0 Å². The van der Waals surface area contributed by atoms with Crippen LogP contribution in [0.4, 0.5) is 4.39 Å². The average molecular weight is 277 g/mol. The molecule has 1 aromatic rings. The molecular formula is C10H10BrFO3. The van der Waals surface area contributed by atoms with Gasteiger partial charge in [0.1, 0.15) is 0 Å². The number of methoxy groups -OCH3 is 2. The molecule has 0 saturated heterocycles. The van der Waals surface area contributed by atoms with Gasteiger partial charge in [0.15, 0.2) is 23.1 Å². The SMILES string of the molecule is COc1c(F)cc(Br)c(C(C)=O)c1OC. The maximum absolute atomic E-state index is 13.4. The predicted molar refractivity (Wildman–Crippen MR) is 57.2 cm³/mol. The fraction of sp³-hybridized carbons (Fsp3) is 0.300. The summed E-state index contributed by atoms with van der Waals surface area (Å²) in [5, 5.41) is 0. The van der Waals surface area contributed by atoms with E-state index in [4.69, 9.17) is 9.47 Å². The Morgan fingerprint density at radius 2 is 1.87 bits per heavy atom. The summed E-state index contributed by atoms with van der Waals surface area (Å²) in [6, 6.07) is 1.18. The zero-order valence-electron chi connectivity index (χ0n) is 8.56. The number of ketones is 1. The number of ether oxygens (including phenoxy) is 2. The first-order valence-electron chi connectivity index (χ1n) is 4.13. The second-order valence-corrected chi connectivity index (χ2v) is 3.69. The topological polar surface area (TPSA) is 35.5 Å². The summed E-state index contributed by atoms with van der Waals surface area (Å²) >= 11 is 3.11. The second kappa shape index (κ2) is 4.61. The lowest BCUT2D eigenvalue weighted by Crippen LogP contribution is -2.03. The number of hydrogen-bond acceptors (Lipinski definition) is 3. The van der Waals surface area contributed by atoms with Crippen molar-refractivity contribution in [3.05, 3.63) is 21.9 Å². The summed E-state index contributed by atoms with van der Waals surface area (Å²) in [7, 11) is 2.68. The number of benzene rings is 1. The van der Waals surface area contributed by atoms with Crippen LogP contribution in [-0.4, -0.2) is 20.0 Å². The van der Waals surface area contributed by atoms with E-state index in [1.807, 2.05) is 0 Å². The molecule has 1 aromatic carbocycles. The summed E-state index contributed by atoms with van der Waals surface area (Å²) in [6.07, 6.45) is 0. The quantitative estimate of drug-likeness (QED) is 0.797. The molecule has 0 N–H and O–H groups in total. The van der Waals surface area contributed by atoms with E-state index in [2.05, 4.69) is 15.9 Å². The third-order valence-electron chi connectivity index (χ3n) is 1.90. The van der Waals surface area contributed by atoms with Crippen LogP contribution in [0.2, 0.25) is 0 Å². The highest BCUT2D eigenvalue weighted by atomic mass is 79.9. The van der Waals surface area contributed by atoms with Crippen molar-refractivity contribution in [3.8, 4) is 11.5 Å². The third-order valence-corrected chi connectivity index (χ3v) is 2.53. The lowest BCUT2D eigenvalue weighted by molar-refractivity contribution is 0.101. The van der Waals surface area contributed by atoms with Crippen LogP contribution in [0.25, 0.3) is 0 Å². The molecule has 0 fully saturated rings. The molecule has 0 spiro atoms. The van der Waals surface area contributed by atoms with Gasteiger partial charge in [0, 0.05) is 4.47 Å². The van der Waals surface area contributed by atoms with Gasteiger partial charge in [-0.25, -0.2) is 4.39 Å². The fourth-order valence-electron chi connectivity index (χ4n) is 1.29. The number of carbonyl (C=O) groups excluding carboxylic acids is 1. The van der Waals surface area contributed by atoms with Gasteiger partial charge in [-0.3, -0.25) is 4.79 Å². The van der Waals surface area contributed by atoms with Crippen LogP contribution in [0.3, 0.4) is 0 Å². The van der Waals surface area contributed by atoms with Crippen molar-refractivity contribution in [3.63, 3.8) is 0 Å². The van der Waals surface area contributed by atoms with Crippen LogP contribution < -0.4 is 9.47 Å². The Bertz CT molecular complexity index is 404. The molecule has 0 aliphatic heterocycles. The van der Waals surface area contributed by atoms with Crippen molar-refractivity contribution in [2.45, 2.75) is 6.92 Å². The van der Waals surface area contributed by atoms with E-state index in [1.54, 1.807) is 0 Å². The maximum atomic E-state index is 13.4. The second-order valence-electron chi connectivity index (χ2n) is 2.84. The monoisotopic (exact) mass is 276 g/mol. The molecule has 82 valence electrons. The van der Waals surface area contributed by atoms with E-state index in [-0.39, 0.29) is 22.8 Å². The minimum absolute atomic E-state index is 0.0640. The zero-order chi connectivity index (χ0) is 11.6. The smallest absolute Gasteiger partial charge is 0.197 e. The van der Waals surface area contributed by atoms with Gasteiger partial charge in [0.2, 0.25) is 0 Å². The standard InChI is InChI=1S/C10H10BrFO3/c1-5(13)8-6(11)4-7(12)9(14-2)10(8)15-3/h4H,1-3H3. The number of halogens is 2. The Morgan fingerprint density at radius 1 is 1.33 bits per heavy atom. The number of Topliss-reactive ketones (excluding diaryl/α,β-unsaturated/α-hetero) is 1. The largest absolute Gasteiger partial charge is 0.492 e. The molecule has 0 saturated carbocycles. The molecule has 0 amide bonds. The van der Waals surface area contributed by atoms with E-state index in [0.717, 1.165) is 0 Å². The molecule has 15 heavy (non-hydrogen) atoms. The minimum Gasteiger partial charge on any atom is -0.492 e. The van der Waals surface area contributed by atoms with Gasteiger partial charge >= 0.3 is 0 Å². The van der Waals surface area contributed by atoms with Crippen LogP contribution in [0.5, 0.6) is 11.5 Å². The van der Waals surface area contributed by atoms with E-state index < -0.39 is 5.82 Å². The highest BCUT2D eigenvalue weighted by Gasteiger charge is 2.21. The number of hydrogen-bond donors (Lipinski definition) is 0. The van der Waals surface area contributed by atoms with Crippen molar-refractivity contribution >= 4 is 21.7 Å². The molecule has 5 heteroatoms. The maximum Gasteiger partial charge on any atom is 0.197 e. The molecule has 1 rings (SSSR count). The molecule has 0 radical (unpaired) electrons. The Kier molecular flexibility index (Phi) is 3.68. The zero-order valence-corrected chi connectivity index (χ0v) is 10.1. The van der Waals surface area contributed by atoms with Crippen molar-refractivity contribution in [2.75, 3.05) is 14.2 Å². The Balaban J connectivity index is 3.56. The summed E-state index contributed by atoms with van der Waals surface area (Å²) in [6.45, 7) is 1.37. The molecule has 0 heterocycles. The van der Waals surface area contributed by atoms with Crippen LogP contribution in [-0.2, 0) is 0 Å². The summed E-state index contributed by atoms with van der Waals surface area (Å²) in [5.41, 5.74) is 0.274. The summed E-state index contributed by atoms with van der Waals surface area (Å²) in [5.74, 6) is -0.758. The Hall–Kier alpha value is -1.10. The lowest BCUT2D eigenvalue weighted by Gasteiger charge is -2.13. The predicted octanol–water partition coefficient (Wildman–Crippen LogP) is 2.81. The van der Waals surface area contributed by atoms with Crippen molar-refractivity contribution in [1.29, 1.82) is 0 Å². The van der Waals surface area contributed by atoms with E-state index in [0.29, 0.717) is 4.47 Å². The average Bonchev–Trinajstić information content (AvgIpc) is 2.15. The van der Waals surface area contributed by atoms with Gasteiger partial charge in [0.05, 0.1) is 19.8 Å². The summed E-state index contributed by atoms with van der Waals surface area (Å²) < 4.78 is 23.6. The van der Waals surface area contributed by atoms with Crippen LogP contribution in [0.1, 0.15) is 17.3 Å². The lowest BCUT2D eigenvalue weighted by atomic mass is 10.1. The van der Waals surface area contributed by atoms with Crippen molar-refractivity contribution in [2.24, 2.45) is 0 Å². The van der Waals surface area contributed by atoms with Gasteiger partial charge < -0.3 is 9.47 Å². The first-order valence-corrected chi connectivity index (χ1v) is 4.93. The molecule has 0 aliphatic carbocycles. The number of carbonyl (C=O) groups is 1. The van der Waals surface area contributed by atoms with Crippen molar-refractivity contribution < 1.29 is 18.7 Å². The van der Waals surface area contributed by atoms with E-state index in [9.17, 15) is 9.18 Å². The highest BCUT2D eigenvalue weighted by molar-refractivity contribution is 9.10. The summed E-state index contributed by atoms with van der Waals surface area (Å²) in [4.78, 5) is 11.3. The van der Waals surface area contributed by atoms with Crippen LogP contribution >= 0.6 is 15.9 Å². The van der Waals surface area contributed by atoms with Gasteiger partial charge in [-0.15, -0.1) is 0 Å². The first kappa shape index (κ1) is 12.0. The third kappa shape index (κ3) is 2.12. The Morgan fingerprint density at radius 3 is 2.27 bits per heavy atom. The van der Waals surface area contributed by atoms with Gasteiger partial charge in [-0.05, 0) is 28.9 Å². The highest BCUT2D eigenvalue weighted by Crippen LogP contribution is 2.38. The molecule has 0 bridgehead atoms. The molecular weight excluding hydrogens is 267 g/mol. The molecule has 0 atom stereocenters. The normalized spacial score (nSPS) is 9.93. The molecule has 0 aromatic heterocycles. The molecule has 0 aliphatic rings. The van der Waals surface area contributed by atoms with Gasteiger partial charge in [-0.2, -0.15) is 0 Å². The Labute approximate surface area is 95.3 Å². The van der Waals surface area contributed by atoms with Gasteiger partial charge in [0.25, 0.3) is 0 Å². The molecule has 3 nitrogen and oxygen atoms in total. The number of rotatable bonds is 3. The van der Waals surface area contributed by atoms with Gasteiger partial charge in [-0.1, -0.05) is 0 Å². The van der Waals surface area contributed by atoms with Crippen LogP contribution in [0, 0.1) is 5.82 Å². The van der Waals surface area contributed by atoms with Crippen LogP contribution in [0.15, 0.2) is 10.5 Å². The van der Waals surface area contributed by atoms with E-state index in [1.165, 1.54) is 27.2 Å².